The first-order chi connectivity index (χ1) is 11.8. The molecular formula is C21H16BrNO. The molecule has 0 aromatic heterocycles. The molecule has 2 nitrogen and oxygen atoms in total. The second-order valence-corrected chi connectivity index (χ2v) is 7.14. The Morgan fingerprint density at radius 3 is 2.42 bits per heavy atom. The number of para-hydroxylation sites is 2. The van der Waals surface area contributed by atoms with Gasteiger partial charge >= 0.3 is 0 Å². The molecule has 2 unspecified atom stereocenters. The molecule has 2 aliphatic rings. The SMILES string of the molecule is Brc1ccccc1C1Oc2ccccc2C2Cc3ccccc3N21. The third-order valence-corrected chi connectivity index (χ3v) is 5.68. The molecule has 0 saturated carbocycles. The Kier molecular flexibility index (Phi) is 3.17. The Hall–Kier alpha value is -2.26. The van der Waals surface area contributed by atoms with E-state index in [1.807, 2.05) is 12.1 Å². The molecule has 0 fully saturated rings. The topological polar surface area (TPSA) is 12.5 Å². The summed E-state index contributed by atoms with van der Waals surface area (Å²) in [6, 6.07) is 25.7. The molecule has 3 aromatic carbocycles. The van der Waals surface area contributed by atoms with Crippen LogP contribution in [0.25, 0.3) is 0 Å². The molecule has 5 rings (SSSR count). The van der Waals surface area contributed by atoms with Crippen molar-refractivity contribution in [2.45, 2.75) is 18.7 Å². The molecule has 0 amide bonds. The normalized spacial score (nSPS) is 20.8. The van der Waals surface area contributed by atoms with Gasteiger partial charge in [0.05, 0.1) is 6.04 Å². The van der Waals surface area contributed by atoms with E-state index in [1.165, 1.54) is 16.8 Å². The lowest BCUT2D eigenvalue weighted by molar-refractivity contribution is 0.166. The van der Waals surface area contributed by atoms with E-state index in [2.05, 4.69) is 81.5 Å². The van der Waals surface area contributed by atoms with Crippen LogP contribution in [0.15, 0.2) is 77.3 Å². The first kappa shape index (κ1) is 14.1. The van der Waals surface area contributed by atoms with Crippen LogP contribution >= 0.6 is 15.9 Å². The Bertz CT molecular complexity index is 923. The maximum absolute atomic E-state index is 6.47. The molecule has 24 heavy (non-hydrogen) atoms. The lowest BCUT2D eigenvalue weighted by atomic mass is 9.99. The van der Waals surface area contributed by atoms with E-state index in [1.54, 1.807) is 0 Å². The number of hydrogen-bond acceptors (Lipinski definition) is 2. The minimum Gasteiger partial charge on any atom is -0.466 e. The third kappa shape index (κ3) is 2.01. The zero-order chi connectivity index (χ0) is 16.1. The quantitative estimate of drug-likeness (QED) is 0.543. The molecule has 3 heteroatoms. The minimum absolute atomic E-state index is 0.121. The molecule has 118 valence electrons. The van der Waals surface area contributed by atoms with Gasteiger partial charge in [-0.3, -0.25) is 0 Å². The zero-order valence-corrected chi connectivity index (χ0v) is 14.6. The number of fused-ring (bicyclic) bond motifs is 5. The molecule has 0 N–H and O–H groups in total. The minimum atomic E-state index is -0.121. The van der Waals surface area contributed by atoms with Crippen LogP contribution in [-0.2, 0) is 6.42 Å². The number of benzene rings is 3. The van der Waals surface area contributed by atoms with Crippen molar-refractivity contribution in [1.82, 2.24) is 0 Å². The molecular weight excluding hydrogens is 362 g/mol. The number of rotatable bonds is 1. The van der Waals surface area contributed by atoms with Gasteiger partial charge in [-0.05, 0) is 30.2 Å². The van der Waals surface area contributed by atoms with Gasteiger partial charge in [-0.15, -0.1) is 0 Å². The average Bonchev–Trinajstić information content (AvgIpc) is 3.01. The standard InChI is InChI=1S/C21H16BrNO/c22-17-10-4-2-8-15(17)21-23-18-11-5-1-7-14(18)13-19(23)16-9-3-6-12-20(16)24-21/h1-12,19,21H,13H2. The van der Waals surface area contributed by atoms with Crippen LogP contribution in [0.4, 0.5) is 5.69 Å². The summed E-state index contributed by atoms with van der Waals surface area (Å²) in [5, 5.41) is 0. The van der Waals surface area contributed by atoms with Crippen LogP contribution in [0.5, 0.6) is 5.75 Å². The molecule has 0 aliphatic carbocycles. The third-order valence-electron chi connectivity index (χ3n) is 4.96. The van der Waals surface area contributed by atoms with Gasteiger partial charge in [0.1, 0.15) is 5.75 Å². The van der Waals surface area contributed by atoms with Crippen molar-refractivity contribution in [2.24, 2.45) is 0 Å². The molecule has 0 bridgehead atoms. The molecule has 2 heterocycles. The van der Waals surface area contributed by atoms with Crippen LogP contribution in [0.2, 0.25) is 0 Å². The molecule has 0 saturated heterocycles. The van der Waals surface area contributed by atoms with Crippen LogP contribution < -0.4 is 9.64 Å². The Morgan fingerprint density at radius 2 is 1.54 bits per heavy atom. The number of ether oxygens (including phenoxy) is 1. The lowest BCUT2D eigenvalue weighted by Gasteiger charge is -2.41. The van der Waals surface area contributed by atoms with Gasteiger partial charge in [-0.25, -0.2) is 0 Å². The Morgan fingerprint density at radius 1 is 0.833 bits per heavy atom. The molecule has 2 aliphatic heterocycles. The summed E-state index contributed by atoms with van der Waals surface area (Å²) in [6.45, 7) is 0. The number of anilines is 1. The van der Waals surface area contributed by atoms with Gasteiger partial charge in [0.2, 0.25) is 0 Å². The number of nitrogens with zero attached hydrogens (tertiary/aromatic N) is 1. The monoisotopic (exact) mass is 377 g/mol. The highest BCUT2D eigenvalue weighted by Gasteiger charge is 2.42. The van der Waals surface area contributed by atoms with Gasteiger partial charge < -0.3 is 9.64 Å². The van der Waals surface area contributed by atoms with E-state index in [0.717, 1.165) is 22.2 Å². The van der Waals surface area contributed by atoms with E-state index in [4.69, 9.17) is 4.74 Å². The fourth-order valence-corrected chi connectivity index (χ4v) is 4.37. The first-order valence-corrected chi connectivity index (χ1v) is 8.98. The van der Waals surface area contributed by atoms with Gasteiger partial charge in [-0.2, -0.15) is 0 Å². The van der Waals surface area contributed by atoms with Crippen molar-refractivity contribution in [2.75, 3.05) is 4.90 Å². The molecule has 2 atom stereocenters. The highest BCUT2D eigenvalue weighted by Crippen LogP contribution is 2.52. The predicted molar refractivity (Wildman–Crippen MR) is 99.3 cm³/mol. The fourth-order valence-electron chi connectivity index (χ4n) is 3.89. The van der Waals surface area contributed by atoms with Crippen LogP contribution in [0.1, 0.15) is 29.0 Å². The summed E-state index contributed by atoms with van der Waals surface area (Å²) >= 11 is 3.70. The van der Waals surface area contributed by atoms with E-state index >= 15 is 0 Å². The Labute approximate surface area is 149 Å². The molecule has 0 spiro atoms. The maximum atomic E-state index is 6.47. The second-order valence-electron chi connectivity index (χ2n) is 6.29. The van der Waals surface area contributed by atoms with Crippen molar-refractivity contribution >= 4 is 21.6 Å². The molecule has 0 radical (unpaired) electrons. The highest BCUT2D eigenvalue weighted by molar-refractivity contribution is 9.10. The van der Waals surface area contributed by atoms with Crippen molar-refractivity contribution in [3.05, 3.63) is 94.0 Å². The van der Waals surface area contributed by atoms with Crippen LogP contribution in [0.3, 0.4) is 0 Å². The smallest absolute Gasteiger partial charge is 0.200 e. The second kappa shape index (κ2) is 5.38. The van der Waals surface area contributed by atoms with Crippen molar-refractivity contribution in [3.63, 3.8) is 0 Å². The Balaban J connectivity index is 1.72. The lowest BCUT2D eigenvalue weighted by Crippen LogP contribution is -2.37. The summed E-state index contributed by atoms with van der Waals surface area (Å²) in [4.78, 5) is 2.43. The zero-order valence-electron chi connectivity index (χ0n) is 13.0. The van der Waals surface area contributed by atoms with Gasteiger partial charge in [0, 0.05) is 21.3 Å². The van der Waals surface area contributed by atoms with Crippen molar-refractivity contribution < 1.29 is 4.74 Å². The van der Waals surface area contributed by atoms with Gasteiger partial charge in [0.25, 0.3) is 0 Å². The summed E-state index contributed by atoms with van der Waals surface area (Å²) in [5.41, 5.74) is 5.10. The van der Waals surface area contributed by atoms with E-state index in [9.17, 15) is 0 Å². The van der Waals surface area contributed by atoms with E-state index < -0.39 is 0 Å². The summed E-state index contributed by atoms with van der Waals surface area (Å²) in [5.74, 6) is 0.993. The van der Waals surface area contributed by atoms with Crippen molar-refractivity contribution in [1.29, 1.82) is 0 Å². The van der Waals surface area contributed by atoms with Crippen molar-refractivity contribution in [3.8, 4) is 5.75 Å². The molecule has 3 aromatic rings. The number of halogens is 1. The summed E-state index contributed by atoms with van der Waals surface area (Å²) in [7, 11) is 0. The fraction of sp³-hybridized carbons (Fsp3) is 0.143. The average molecular weight is 378 g/mol. The highest BCUT2D eigenvalue weighted by atomic mass is 79.9. The van der Waals surface area contributed by atoms with Crippen LogP contribution in [0, 0.1) is 0 Å². The first-order valence-electron chi connectivity index (χ1n) is 8.19. The predicted octanol–water partition coefficient (Wildman–Crippen LogP) is 5.64. The van der Waals surface area contributed by atoms with Gasteiger partial charge in [0.15, 0.2) is 6.23 Å². The largest absolute Gasteiger partial charge is 0.466 e. The van der Waals surface area contributed by atoms with Crippen LogP contribution in [-0.4, -0.2) is 0 Å². The van der Waals surface area contributed by atoms with E-state index in [-0.39, 0.29) is 6.23 Å². The number of hydrogen-bond donors (Lipinski definition) is 0. The maximum Gasteiger partial charge on any atom is 0.200 e. The summed E-state index contributed by atoms with van der Waals surface area (Å²) in [6.07, 6.45) is 0.904. The van der Waals surface area contributed by atoms with Gasteiger partial charge in [-0.1, -0.05) is 70.5 Å². The summed E-state index contributed by atoms with van der Waals surface area (Å²) < 4.78 is 7.55. The van der Waals surface area contributed by atoms with E-state index in [0.29, 0.717) is 6.04 Å².